The largest absolute Gasteiger partial charge is 0.208 e. The minimum Gasteiger partial charge on any atom is -0.208 e. The van der Waals surface area contributed by atoms with Crippen molar-refractivity contribution in [3.05, 3.63) is 188 Å². The molecule has 0 spiro atoms. The highest BCUT2D eigenvalue weighted by Crippen LogP contribution is 2.37. The molecular weight excluding hydrogens is 583 g/mol. The molecule has 0 aliphatic heterocycles. The lowest BCUT2D eigenvalue weighted by Crippen LogP contribution is -2.00. The van der Waals surface area contributed by atoms with E-state index in [0.717, 1.165) is 38.9 Å². The molecule has 3 heteroatoms. The Morgan fingerprint density at radius 1 is 0.208 bits per heavy atom. The zero-order chi connectivity index (χ0) is 32.1. The van der Waals surface area contributed by atoms with E-state index < -0.39 is 0 Å². The number of aromatic nitrogens is 3. The van der Waals surface area contributed by atoms with E-state index in [1.807, 2.05) is 60.7 Å². The van der Waals surface area contributed by atoms with Crippen molar-refractivity contribution in [1.82, 2.24) is 15.0 Å². The van der Waals surface area contributed by atoms with E-state index in [-0.39, 0.29) is 0 Å². The fraction of sp³-hybridized carbons (Fsp3) is 0. The highest BCUT2D eigenvalue weighted by molar-refractivity contribution is 5.88. The van der Waals surface area contributed by atoms with E-state index in [0.29, 0.717) is 17.5 Å². The summed E-state index contributed by atoms with van der Waals surface area (Å²) in [5, 5.41) is 0. The number of nitrogens with zero attached hydrogens (tertiary/aromatic N) is 3. The van der Waals surface area contributed by atoms with E-state index in [9.17, 15) is 0 Å². The summed E-state index contributed by atoms with van der Waals surface area (Å²) >= 11 is 0. The van der Waals surface area contributed by atoms with E-state index in [1.165, 1.54) is 22.3 Å². The molecule has 0 atom stereocenters. The SMILES string of the molecule is c1ccc(-c2cccc(-c3cccc(-c4ccc(-c5nc(-c6ccccc6)nc(-c6ccccc6)n5)cc4-c4ccccc4)c3)c2)cc1. The molecule has 0 radical (unpaired) electrons. The van der Waals surface area contributed by atoms with Crippen molar-refractivity contribution < 1.29 is 0 Å². The second-order valence-corrected chi connectivity index (χ2v) is 11.7. The first-order chi connectivity index (χ1) is 23.8. The molecule has 48 heavy (non-hydrogen) atoms. The van der Waals surface area contributed by atoms with Crippen LogP contribution in [0.25, 0.3) is 78.7 Å². The van der Waals surface area contributed by atoms with Crippen LogP contribution >= 0.6 is 0 Å². The lowest BCUT2D eigenvalue weighted by atomic mass is 9.90. The van der Waals surface area contributed by atoms with Crippen molar-refractivity contribution in [2.45, 2.75) is 0 Å². The van der Waals surface area contributed by atoms with E-state index in [2.05, 4.69) is 127 Å². The summed E-state index contributed by atoms with van der Waals surface area (Å²) in [5.74, 6) is 1.93. The number of benzene rings is 7. The fourth-order valence-electron chi connectivity index (χ4n) is 6.10. The Kier molecular flexibility index (Phi) is 7.92. The molecule has 226 valence electrons. The standard InChI is InChI=1S/C45H31N3/c1-5-15-32(16-6-1)36-23-13-24-37(29-36)38-25-14-26-39(30-38)41-28-27-40(31-42(41)33-17-7-2-8-18-33)45-47-43(34-19-9-3-10-20-34)46-44(48-45)35-21-11-4-12-22-35/h1-31H. The Labute approximate surface area is 280 Å². The summed E-state index contributed by atoms with van der Waals surface area (Å²) in [6, 6.07) is 65.4. The van der Waals surface area contributed by atoms with E-state index in [4.69, 9.17) is 15.0 Å². The highest BCUT2D eigenvalue weighted by atomic mass is 15.0. The first-order valence-corrected chi connectivity index (χ1v) is 16.1. The maximum Gasteiger partial charge on any atom is 0.164 e. The molecule has 0 saturated heterocycles. The summed E-state index contributed by atoms with van der Waals surface area (Å²) in [6.07, 6.45) is 0. The average molecular weight is 614 g/mol. The van der Waals surface area contributed by atoms with Gasteiger partial charge in [-0.05, 0) is 62.7 Å². The molecule has 0 saturated carbocycles. The average Bonchev–Trinajstić information content (AvgIpc) is 3.19. The van der Waals surface area contributed by atoms with Gasteiger partial charge >= 0.3 is 0 Å². The summed E-state index contributed by atoms with van der Waals surface area (Å²) in [5.41, 5.74) is 12.1. The smallest absolute Gasteiger partial charge is 0.164 e. The zero-order valence-electron chi connectivity index (χ0n) is 26.2. The molecule has 0 aliphatic carbocycles. The van der Waals surface area contributed by atoms with Gasteiger partial charge in [-0.15, -0.1) is 0 Å². The summed E-state index contributed by atoms with van der Waals surface area (Å²) in [4.78, 5) is 14.9. The van der Waals surface area contributed by atoms with Crippen molar-refractivity contribution in [1.29, 1.82) is 0 Å². The number of hydrogen-bond acceptors (Lipinski definition) is 3. The van der Waals surface area contributed by atoms with Gasteiger partial charge < -0.3 is 0 Å². The normalized spacial score (nSPS) is 10.9. The van der Waals surface area contributed by atoms with Gasteiger partial charge in [0.05, 0.1) is 0 Å². The van der Waals surface area contributed by atoms with Crippen molar-refractivity contribution in [2.24, 2.45) is 0 Å². The quantitative estimate of drug-likeness (QED) is 0.179. The van der Waals surface area contributed by atoms with Gasteiger partial charge in [-0.3, -0.25) is 0 Å². The Morgan fingerprint density at radius 2 is 0.583 bits per heavy atom. The molecule has 0 unspecified atom stereocenters. The number of rotatable bonds is 7. The maximum atomic E-state index is 5.00. The van der Waals surface area contributed by atoms with Gasteiger partial charge in [0.15, 0.2) is 17.5 Å². The van der Waals surface area contributed by atoms with Gasteiger partial charge in [-0.25, -0.2) is 15.0 Å². The monoisotopic (exact) mass is 613 g/mol. The second kappa shape index (κ2) is 13.1. The van der Waals surface area contributed by atoms with Crippen LogP contribution in [0.3, 0.4) is 0 Å². The predicted octanol–water partition coefficient (Wildman–Crippen LogP) is 11.5. The van der Waals surface area contributed by atoms with Crippen molar-refractivity contribution in [3.63, 3.8) is 0 Å². The molecule has 0 bridgehead atoms. The Balaban J connectivity index is 1.25. The van der Waals surface area contributed by atoms with Crippen LogP contribution in [-0.2, 0) is 0 Å². The van der Waals surface area contributed by atoms with Crippen LogP contribution in [0.2, 0.25) is 0 Å². The summed E-state index contributed by atoms with van der Waals surface area (Å²) < 4.78 is 0. The predicted molar refractivity (Wildman–Crippen MR) is 198 cm³/mol. The van der Waals surface area contributed by atoms with Crippen LogP contribution in [-0.4, -0.2) is 15.0 Å². The summed E-state index contributed by atoms with van der Waals surface area (Å²) in [7, 11) is 0. The van der Waals surface area contributed by atoms with Gasteiger partial charge in [0.25, 0.3) is 0 Å². The first kappa shape index (κ1) is 29.0. The van der Waals surface area contributed by atoms with Crippen molar-refractivity contribution in [2.75, 3.05) is 0 Å². The van der Waals surface area contributed by atoms with Gasteiger partial charge in [0.1, 0.15) is 0 Å². The first-order valence-electron chi connectivity index (χ1n) is 16.1. The molecule has 0 amide bonds. The van der Waals surface area contributed by atoms with E-state index >= 15 is 0 Å². The van der Waals surface area contributed by atoms with Crippen LogP contribution in [0, 0.1) is 0 Å². The minimum absolute atomic E-state index is 0.637. The Hall–Kier alpha value is -6.45. The lowest BCUT2D eigenvalue weighted by molar-refractivity contribution is 1.07. The molecule has 7 aromatic carbocycles. The topological polar surface area (TPSA) is 38.7 Å². The fourth-order valence-corrected chi connectivity index (χ4v) is 6.10. The highest BCUT2D eigenvalue weighted by Gasteiger charge is 2.16. The second-order valence-electron chi connectivity index (χ2n) is 11.7. The van der Waals surface area contributed by atoms with Gasteiger partial charge in [-0.2, -0.15) is 0 Å². The molecular formula is C45H31N3. The van der Waals surface area contributed by atoms with Crippen LogP contribution in [0.1, 0.15) is 0 Å². The molecule has 0 aliphatic rings. The van der Waals surface area contributed by atoms with E-state index in [1.54, 1.807) is 0 Å². The van der Waals surface area contributed by atoms with Crippen LogP contribution in [0.15, 0.2) is 188 Å². The Bertz CT molecular complexity index is 2260. The van der Waals surface area contributed by atoms with Gasteiger partial charge in [0, 0.05) is 16.7 Å². The van der Waals surface area contributed by atoms with Crippen LogP contribution in [0.4, 0.5) is 0 Å². The molecule has 8 rings (SSSR count). The molecule has 3 nitrogen and oxygen atoms in total. The third-order valence-corrected chi connectivity index (χ3v) is 8.54. The van der Waals surface area contributed by atoms with Gasteiger partial charge in [-0.1, -0.05) is 170 Å². The molecule has 0 N–H and O–H groups in total. The van der Waals surface area contributed by atoms with Crippen LogP contribution < -0.4 is 0 Å². The third-order valence-electron chi connectivity index (χ3n) is 8.54. The molecule has 1 aromatic heterocycles. The van der Waals surface area contributed by atoms with Gasteiger partial charge in [0.2, 0.25) is 0 Å². The van der Waals surface area contributed by atoms with Crippen LogP contribution in [0.5, 0.6) is 0 Å². The number of hydrogen-bond donors (Lipinski definition) is 0. The molecule has 8 aromatic rings. The third kappa shape index (κ3) is 6.05. The molecule has 1 heterocycles. The lowest BCUT2D eigenvalue weighted by Gasteiger charge is -2.15. The maximum absolute atomic E-state index is 5.00. The zero-order valence-corrected chi connectivity index (χ0v) is 26.2. The molecule has 0 fully saturated rings. The van der Waals surface area contributed by atoms with Crippen molar-refractivity contribution in [3.8, 4) is 78.7 Å². The summed E-state index contributed by atoms with van der Waals surface area (Å²) in [6.45, 7) is 0. The minimum atomic E-state index is 0.637. The van der Waals surface area contributed by atoms with Crippen molar-refractivity contribution >= 4 is 0 Å². The Morgan fingerprint density at radius 3 is 1.10 bits per heavy atom.